The molecule has 0 aliphatic rings. The number of nitrogens with zero attached hydrogens (tertiary/aromatic N) is 1. The van der Waals surface area contributed by atoms with Gasteiger partial charge in [-0.15, -0.1) is 24.5 Å². The Balaban J connectivity index is 1.97. The van der Waals surface area contributed by atoms with Crippen LogP contribution in [0.25, 0.3) is 0 Å². The Morgan fingerprint density at radius 1 is 1.45 bits per heavy atom. The van der Waals surface area contributed by atoms with Crippen LogP contribution in [0.1, 0.15) is 5.69 Å². The van der Waals surface area contributed by atoms with Crippen LogP contribution in [0.2, 0.25) is 0 Å². The summed E-state index contributed by atoms with van der Waals surface area (Å²) in [5, 5.41) is 4.21. The lowest BCUT2D eigenvalue weighted by Gasteiger charge is -2.13. The predicted octanol–water partition coefficient (Wildman–Crippen LogP) is 2.55. The zero-order chi connectivity index (χ0) is 16.2. The van der Waals surface area contributed by atoms with Crippen LogP contribution in [-0.2, 0) is 11.2 Å². The zero-order valence-electron chi connectivity index (χ0n) is 11.1. The summed E-state index contributed by atoms with van der Waals surface area (Å²) in [7, 11) is 0. The average Bonchev–Trinajstić information content (AvgIpc) is 2.89. The van der Waals surface area contributed by atoms with Gasteiger partial charge in [0.1, 0.15) is 5.75 Å². The van der Waals surface area contributed by atoms with Gasteiger partial charge >= 0.3 is 6.36 Å². The SMILES string of the molecule is N[C@H](Cc1cscn1)C(=O)Nc1cccc(OC(F)(F)F)c1. The van der Waals surface area contributed by atoms with Crippen LogP contribution >= 0.6 is 11.3 Å². The molecule has 0 unspecified atom stereocenters. The van der Waals surface area contributed by atoms with Gasteiger partial charge in [0.2, 0.25) is 5.91 Å². The maximum atomic E-state index is 12.1. The van der Waals surface area contributed by atoms with Crippen molar-refractivity contribution in [2.24, 2.45) is 5.73 Å². The second kappa shape index (κ2) is 6.75. The molecule has 0 fully saturated rings. The van der Waals surface area contributed by atoms with Gasteiger partial charge in [-0.1, -0.05) is 6.07 Å². The molecule has 1 aromatic carbocycles. The fraction of sp³-hybridized carbons (Fsp3) is 0.231. The standard InChI is InChI=1S/C13H12F3N3O2S/c14-13(15,16)21-10-3-1-2-8(4-10)19-12(20)11(17)5-9-6-22-7-18-9/h1-4,6-7,11H,5,17H2,(H,19,20)/t11-/m1/s1. The lowest BCUT2D eigenvalue weighted by molar-refractivity contribution is -0.274. The number of nitrogens with one attached hydrogen (secondary N) is 1. The summed E-state index contributed by atoms with van der Waals surface area (Å²) in [6.07, 6.45) is -4.54. The van der Waals surface area contributed by atoms with Gasteiger partial charge in [-0.25, -0.2) is 4.98 Å². The fourth-order valence-corrected chi connectivity index (χ4v) is 2.23. The predicted molar refractivity (Wildman–Crippen MR) is 75.5 cm³/mol. The van der Waals surface area contributed by atoms with E-state index in [9.17, 15) is 18.0 Å². The highest BCUT2D eigenvalue weighted by atomic mass is 32.1. The van der Waals surface area contributed by atoms with Crippen molar-refractivity contribution >= 4 is 22.9 Å². The van der Waals surface area contributed by atoms with E-state index in [0.29, 0.717) is 5.69 Å². The summed E-state index contributed by atoms with van der Waals surface area (Å²) in [6, 6.07) is 4.13. The highest BCUT2D eigenvalue weighted by Gasteiger charge is 2.31. The molecule has 3 N–H and O–H groups in total. The first-order valence-corrected chi connectivity index (χ1v) is 7.07. The smallest absolute Gasteiger partial charge is 0.406 e. The molecule has 0 spiro atoms. The summed E-state index contributed by atoms with van der Waals surface area (Å²) in [4.78, 5) is 15.9. The lowest BCUT2D eigenvalue weighted by atomic mass is 10.1. The minimum absolute atomic E-state index is 0.167. The molecule has 1 aromatic heterocycles. The van der Waals surface area contributed by atoms with E-state index in [1.165, 1.54) is 23.5 Å². The first kappa shape index (κ1) is 16.2. The number of halogens is 3. The van der Waals surface area contributed by atoms with Gasteiger partial charge in [0.15, 0.2) is 0 Å². The van der Waals surface area contributed by atoms with Gasteiger partial charge in [-0.2, -0.15) is 0 Å². The molecule has 9 heteroatoms. The van der Waals surface area contributed by atoms with Crippen LogP contribution in [0.15, 0.2) is 35.2 Å². The number of rotatable bonds is 5. The van der Waals surface area contributed by atoms with Crippen LogP contribution in [0, 0.1) is 0 Å². The zero-order valence-corrected chi connectivity index (χ0v) is 11.9. The number of hydrogen-bond donors (Lipinski definition) is 2. The second-order valence-electron chi connectivity index (χ2n) is 4.36. The van der Waals surface area contributed by atoms with Gasteiger partial charge < -0.3 is 15.8 Å². The minimum Gasteiger partial charge on any atom is -0.406 e. The van der Waals surface area contributed by atoms with E-state index >= 15 is 0 Å². The Hall–Kier alpha value is -2.13. The molecule has 0 aliphatic heterocycles. The molecule has 118 valence electrons. The summed E-state index contributed by atoms with van der Waals surface area (Å²) >= 11 is 1.38. The highest BCUT2D eigenvalue weighted by molar-refractivity contribution is 7.07. The third-order valence-electron chi connectivity index (χ3n) is 2.58. The molecule has 1 heterocycles. The Kier molecular flexibility index (Phi) is 4.99. The van der Waals surface area contributed by atoms with Gasteiger partial charge in [0.05, 0.1) is 17.2 Å². The maximum absolute atomic E-state index is 12.1. The lowest BCUT2D eigenvalue weighted by Crippen LogP contribution is -2.37. The molecular weight excluding hydrogens is 319 g/mol. The van der Waals surface area contributed by atoms with Crippen molar-refractivity contribution < 1.29 is 22.7 Å². The first-order valence-electron chi connectivity index (χ1n) is 6.13. The third-order valence-corrected chi connectivity index (χ3v) is 3.22. The number of carbonyl (C=O) groups is 1. The quantitative estimate of drug-likeness (QED) is 0.883. The average molecular weight is 331 g/mol. The monoisotopic (exact) mass is 331 g/mol. The molecule has 22 heavy (non-hydrogen) atoms. The number of hydrogen-bond acceptors (Lipinski definition) is 5. The topological polar surface area (TPSA) is 77.2 Å². The summed E-state index contributed by atoms with van der Waals surface area (Å²) in [5.74, 6) is -0.935. The van der Waals surface area contributed by atoms with Crippen molar-refractivity contribution in [2.75, 3.05) is 5.32 Å². The van der Waals surface area contributed by atoms with E-state index in [1.54, 1.807) is 10.9 Å². The minimum atomic E-state index is -4.79. The molecule has 5 nitrogen and oxygen atoms in total. The maximum Gasteiger partial charge on any atom is 0.573 e. The molecule has 2 rings (SSSR count). The molecule has 0 aliphatic carbocycles. The van der Waals surface area contributed by atoms with E-state index in [1.807, 2.05) is 0 Å². The largest absolute Gasteiger partial charge is 0.573 e. The summed E-state index contributed by atoms with van der Waals surface area (Å²) in [5.41, 5.74) is 8.21. The Morgan fingerprint density at radius 3 is 2.86 bits per heavy atom. The molecule has 0 radical (unpaired) electrons. The molecule has 1 amide bonds. The van der Waals surface area contributed by atoms with E-state index in [2.05, 4.69) is 15.0 Å². The number of anilines is 1. The summed E-state index contributed by atoms with van der Waals surface area (Å²) in [6.45, 7) is 0. The van der Waals surface area contributed by atoms with Gasteiger partial charge in [-0.05, 0) is 12.1 Å². The van der Waals surface area contributed by atoms with Crippen molar-refractivity contribution in [3.05, 3.63) is 40.8 Å². The van der Waals surface area contributed by atoms with E-state index in [4.69, 9.17) is 5.73 Å². The number of nitrogens with two attached hydrogens (primary N) is 1. The Bertz CT molecular complexity index is 632. The van der Waals surface area contributed by atoms with Crippen LogP contribution < -0.4 is 15.8 Å². The van der Waals surface area contributed by atoms with Gasteiger partial charge in [0.25, 0.3) is 0 Å². The van der Waals surface area contributed by atoms with Crippen molar-refractivity contribution in [1.29, 1.82) is 0 Å². The van der Waals surface area contributed by atoms with Gasteiger partial charge in [-0.3, -0.25) is 4.79 Å². The number of thiazole rings is 1. The number of benzene rings is 1. The Labute approximate surface area is 127 Å². The number of aromatic nitrogens is 1. The first-order chi connectivity index (χ1) is 10.3. The number of alkyl halides is 3. The molecule has 0 bridgehead atoms. The molecular formula is C13H12F3N3O2S. The van der Waals surface area contributed by atoms with Crippen LogP contribution in [0.5, 0.6) is 5.75 Å². The van der Waals surface area contributed by atoms with Crippen LogP contribution in [0.3, 0.4) is 0 Å². The highest BCUT2D eigenvalue weighted by Crippen LogP contribution is 2.25. The van der Waals surface area contributed by atoms with Crippen molar-refractivity contribution in [3.8, 4) is 5.75 Å². The van der Waals surface area contributed by atoms with Crippen molar-refractivity contribution in [3.63, 3.8) is 0 Å². The van der Waals surface area contributed by atoms with E-state index in [-0.39, 0.29) is 12.1 Å². The molecule has 1 atom stereocenters. The number of amides is 1. The summed E-state index contributed by atoms with van der Waals surface area (Å²) < 4.78 is 40.2. The molecule has 0 saturated heterocycles. The molecule has 2 aromatic rings. The van der Waals surface area contributed by atoms with Crippen molar-refractivity contribution in [1.82, 2.24) is 4.98 Å². The Morgan fingerprint density at radius 2 is 2.23 bits per heavy atom. The van der Waals surface area contributed by atoms with E-state index in [0.717, 1.165) is 12.1 Å². The second-order valence-corrected chi connectivity index (χ2v) is 5.07. The van der Waals surface area contributed by atoms with Gasteiger partial charge in [0, 0.05) is 23.6 Å². The third kappa shape index (κ3) is 5.01. The fourth-order valence-electron chi connectivity index (χ4n) is 1.66. The van der Waals surface area contributed by atoms with Crippen LogP contribution in [0.4, 0.5) is 18.9 Å². The van der Waals surface area contributed by atoms with Crippen molar-refractivity contribution in [2.45, 2.75) is 18.8 Å². The number of ether oxygens (including phenoxy) is 1. The number of carbonyl (C=O) groups excluding carboxylic acids is 1. The van der Waals surface area contributed by atoms with E-state index < -0.39 is 24.1 Å². The normalized spacial score (nSPS) is 12.7. The molecule has 0 saturated carbocycles. The van der Waals surface area contributed by atoms with Crippen LogP contribution in [-0.4, -0.2) is 23.3 Å².